The molecule has 0 radical (unpaired) electrons. The number of nitrogens with one attached hydrogen (secondary N) is 1. The van der Waals surface area contributed by atoms with Gasteiger partial charge in [0.25, 0.3) is 10.0 Å². The second-order valence-electron chi connectivity index (χ2n) is 9.35. The Hall–Kier alpha value is -3.23. The molecule has 1 atom stereocenters. The number of halogens is 1. The number of hydrogen-bond donors (Lipinski definition) is 1. The van der Waals surface area contributed by atoms with Gasteiger partial charge in [-0.2, -0.15) is 0 Å². The molecule has 1 heterocycles. The zero-order valence-corrected chi connectivity index (χ0v) is 22.2. The lowest BCUT2D eigenvalue weighted by atomic mass is 9.89. The van der Waals surface area contributed by atoms with Crippen LogP contribution >= 0.6 is 11.6 Å². The SMILES string of the molecule is COc1ccc2c(c1)OC(C)(C)CC2NC(=O)CN(c1cc(Cl)ccc1C)S(=O)(=O)c1ccccc1. The van der Waals surface area contributed by atoms with Crippen molar-refractivity contribution in [3.63, 3.8) is 0 Å². The molecule has 1 N–H and O–H groups in total. The van der Waals surface area contributed by atoms with Gasteiger partial charge in [-0.05, 0) is 62.7 Å². The maximum Gasteiger partial charge on any atom is 0.264 e. The number of methoxy groups -OCH3 is 1. The Balaban J connectivity index is 1.67. The average Bonchev–Trinajstić information content (AvgIpc) is 2.83. The van der Waals surface area contributed by atoms with Gasteiger partial charge in [-0.15, -0.1) is 0 Å². The molecule has 3 aromatic carbocycles. The lowest BCUT2D eigenvalue weighted by Crippen LogP contribution is -2.45. The molecule has 0 aliphatic carbocycles. The molecule has 9 heteroatoms. The molecule has 0 aromatic heterocycles. The summed E-state index contributed by atoms with van der Waals surface area (Å²) in [5.41, 5.74) is 1.28. The van der Waals surface area contributed by atoms with E-state index in [9.17, 15) is 13.2 Å². The highest BCUT2D eigenvalue weighted by atomic mass is 35.5. The number of anilines is 1. The summed E-state index contributed by atoms with van der Waals surface area (Å²) < 4.78 is 39.9. The van der Waals surface area contributed by atoms with Gasteiger partial charge in [0.15, 0.2) is 0 Å². The zero-order valence-electron chi connectivity index (χ0n) is 20.6. The molecule has 4 rings (SSSR count). The predicted octanol–water partition coefficient (Wildman–Crippen LogP) is 5.27. The number of benzene rings is 3. The number of aryl methyl sites for hydroxylation is 1. The maximum atomic E-state index is 13.7. The number of ether oxygens (including phenoxy) is 2. The van der Waals surface area contributed by atoms with Gasteiger partial charge < -0.3 is 14.8 Å². The van der Waals surface area contributed by atoms with Crippen molar-refractivity contribution in [2.75, 3.05) is 18.0 Å². The second kappa shape index (κ2) is 10.0. The number of sulfonamides is 1. The van der Waals surface area contributed by atoms with E-state index in [1.165, 1.54) is 12.1 Å². The first-order valence-corrected chi connectivity index (χ1v) is 13.3. The Morgan fingerprint density at radius 2 is 1.86 bits per heavy atom. The summed E-state index contributed by atoms with van der Waals surface area (Å²) in [6, 6.07) is 18.1. The van der Waals surface area contributed by atoms with Gasteiger partial charge in [0.1, 0.15) is 23.6 Å². The van der Waals surface area contributed by atoms with Crippen molar-refractivity contribution in [3.8, 4) is 11.5 Å². The van der Waals surface area contributed by atoms with Gasteiger partial charge in [-0.3, -0.25) is 9.10 Å². The van der Waals surface area contributed by atoms with E-state index in [1.807, 2.05) is 19.9 Å². The molecule has 0 saturated carbocycles. The van der Waals surface area contributed by atoms with E-state index < -0.39 is 28.1 Å². The highest BCUT2D eigenvalue weighted by molar-refractivity contribution is 7.92. The molecule has 1 unspecified atom stereocenters. The molecule has 36 heavy (non-hydrogen) atoms. The third-order valence-corrected chi connectivity index (χ3v) is 8.08. The van der Waals surface area contributed by atoms with Crippen molar-refractivity contribution in [2.24, 2.45) is 0 Å². The number of nitrogens with zero attached hydrogens (tertiary/aromatic N) is 1. The second-order valence-corrected chi connectivity index (χ2v) is 11.6. The van der Waals surface area contributed by atoms with Crippen LogP contribution in [0.25, 0.3) is 0 Å². The fourth-order valence-corrected chi connectivity index (χ4v) is 5.99. The van der Waals surface area contributed by atoms with E-state index >= 15 is 0 Å². The molecule has 0 bridgehead atoms. The van der Waals surface area contributed by atoms with Crippen LogP contribution in [0.15, 0.2) is 71.6 Å². The molecule has 0 spiro atoms. The highest BCUT2D eigenvalue weighted by Gasteiger charge is 2.36. The maximum absolute atomic E-state index is 13.7. The van der Waals surface area contributed by atoms with Gasteiger partial charge in [0, 0.05) is 23.1 Å². The summed E-state index contributed by atoms with van der Waals surface area (Å²) in [5, 5.41) is 3.40. The summed E-state index contributed by atoms with van der Waals surface area (Å²) in [6.07, 6.45) is 0.514. The number of amides is 1. The minimum absolute atomic E-state index is 0.0850. The third kappa shape index (κ3) is 5.44. The van der Waals surface area contributed by atoms with Gasteiger partial charge >= 0.3 is 0 Å². The minimum Gasteiger partial charge on any atom is -0.497 e. The van der Waals surface area contributed by atoms with E-state index in [4.69, 9.17) is 21.1 Å². The zero-order chi connectivity index (χ0) is 26.1. The van der Waals surface area contributed by atoms with Crippen LogP contribution in [0.3, 0.4) is 0 Å². The normalized spacial score (nSPS) is 16.4. The highest BCUT2D eigenvalue weighted by Crippen LogP contribution is 2.41. The molecule has 1 aliphatic rings. The van der Waals surface area contributed by atoms with Crippen LogP contribution in [-0.4, -0.2) is 33.6 Å². The van der Waals surface area contributed by atoms with Crippen LogP contribution in [0.2, 0.25) is 5.02 Å². The van der Waals surface area contributed by atoms with E-state index in [2.05, 4.69) is 5.32 Å². The van der Waals surface area contributed by atoms with Gasteiger partial charge in [-0.1, -0.05) is 35.9 Å². The van der Waals surface area contributed by atoms with Crippen LogP contribution in [0.1, 0.15) is 37.4 Å². The fraction of sp³-hybridized carbons (Fsp3) is 0.296. The summed E-state index contributed by atoms with van der Waals surface area (Å²) in [5.74, 6) is 0.821. The predicted molar refractivity (Wildman–Crippen MR) is 140 cm³/mol. The minimum atomic E-state index is -4.05. The number of carbonyl (C=O) groups excluding carboxylic acids is 1. The monoisotopic (exact) mass is 528 g/mol. The lowest BCUT2D eigenvalue weighted by Gasteiger charge is -2.38. The van der Waals surface area contributed by atoms with Gasteiger partial charge in [-0.25, -0.2) is 8.42 Å². The Kier molecular flexibility index (Phi) is 7.20. The molecular formula is C27H29ClN2O5S. The molecular weight excluding hydrogens is 500 g/mol. The van der Waals surface area contributed by atoms with Crippen molar-refractivity contribution in [1.29, 1.82) is 0 Å². The van der Waals surface area contributed by atoms with Crippen LogP contribution in [0.4, 0.5) is 5.69 Å². The van der Waals surface area contributed by atoms with E-state index in [0.717, 1.165) is 9.87 Å². The largest absolute Gasteiger partial charge is 0.497 e. The molecule has 1 aliphatic heterocycles. The smallest absolute Gasteiger partial charge is 0.264 e. The summed E-state index contributed by atoms with van der Waals surface area (Å²) in [6.45, 7) is 5.25. The first-order valence-electron chi connectivity index (χ1n) is 11.5. The summed E-state index contributed by atoms with van der Waals surface area (Å²) in [7, 11) is -2.47. The first kappa shape index (κ1) is 25.9. The number of carbonyl (C=O) groups is 1. The topological polar surface area (TPSA) is 84.9 Å². The Morgan fingerprint density at radius 1 is 1.14 bits per heavy atom. The lowest BCUT2D eigenvalue weighted by molar-refractivity contribution is -0.120. The molecule has 3 aromatic rings. The fourth-order valence-electron chi connectivity index (χ4n) is 4.33. The van der Waals surface area contributed by atoms with Crippen molar-refractivity contribution < 1.29 is 22.7 Å². The molecule has 0 fully saturated rings. The standard InChI is InChI=1S/C27H29ClN2O5S/c1-18-10-11-19(28)14-24(18)30(36(32,33)21-8-6-5-7-9-21)17-26(31)29-23-16-27(2,3)35-25-15-20(34-4)12-13-22(23)25/h5-15,23H,16-17H2,1-4H3,(H,29,31). The van der Waals surface area contributed by atoms with E-state index in [-0.39, 0.29) is 10.9 Å². The molecule has 7 nitrogen and oxygen atoms in total. The van der Waals surface area contributed by atoms with Crippen LogP contribution in [0.5, 0.6) is 11.5 Å². The quantitative estimate of drug-likeness (QED) is 0.451. The van der Waals surface area contributed by atoms with E-state index in [1.54, 1.807) is 62.6 Å². The van der Waals surface area contributed by atoms with Crippen LogP contribution in [-0.2, 0) is 14.8 Å². The number of fused-ring (bicyclic) bond motifs is 1. The summed E-state index contributed by atoms with van der Waals surface area (Å²) in [4.78, 5) is 13.5. The van der Waals surface area contributed by atoms with E-state index in [0.29, 0.717) is 34.2 Å². The van der Waals surface area contributed by atoms with Crippen molar-refractivity contribution in [2.45, 2.75) is 43.7 Å². The van der Waals surface area contributed by atoms with Crippen LogP contribution in [0, 0.1) is 6.92 Å². The van der Waals surface area contributed by atoms with Crippen molar-refractivity contribution in [1.82, 2.24) is 5.32 Å². The summed E-state index contributed by atoms with van der Waals surface area (Å²) >= 11 is 6.22. The van der Waals surface area contributed by atoms with Crippen molar-refractivity contribution in [3.05, 3.63) is 82.9 Å². The first-order chi connectivity index (χ1) is 17.0. The average molecular weight is 529 g/mol. The van der Waals surface area contributed by atoms with Gasteiger partial charge in [0.05, 0.1) is 23.7 Å². The Labute approximate surface area is 217 Å². The van der Waals surface area contributed by atoms with Crippen molar-refractivity contribution >= 4 is 33.2 Å². The number of rotatable bonds is 7. The Morgan fingerprint density at radius 3 is 2.56 bits per heavy atom. The number of hydrogen-bond acceptors (Lipinski definition) is 5. The Bertz CT molecular complexity index is 1380. The van der Waals surface area contributed by atoms with Gasteiger partial charge in [0.2, 0.25) is 5.91 Å². The molecule has 190 valence electrons. The molecule has 1 amide bonds. The van der Waals surface area contributed by atoms with Crippen LogP contribution < -0.4 is 19.1 Å². The molecule has 0 saturated heterocycles. The third-order valence-electron chi connectivity index (χ3n) is 6.07.